The van der Waals surface area contributed by atoms with Crippen LogP contribution in [0.25, 0.3) is 32.6 Å². The molecule has 0 spiro atoms. The van der Waals surface area contributed by atoms with Crippen LogP contribution >= 0.6 is 0 Å². The molecule has 1 aliphatic heterocycles. The van der Waals surface area contributed by atoms with Crippen molar-refractivity contribution >= 4 is 72.7 Å². The molecule has 0 amide bonds. The number of anilines is 3. The van der Waals surface area contributed by atoms with Crippen molar-refractivity contribution in [3.63, 3.8) is 0 Å². The molecule has 1 aliphatic rings. The number of quaternary nitrogens is 1. The van der Waals surface area contributed by atoms with Crippen molar-refractivity contribution in [3.8, 4) is 11.5 Å². The van der Waals surface area contributed by atoms with Gasteiger partial charge in [0.2, 0.25) is 6.33 Å². The molecule has 0 saturated heterocycles. The first-order chi connectivity index (χ1) is 28.8. The number of fused-ring (bicyclic) bond motifs is 4. The number of aromatic nitrogens is 4. The number of azo groups is 2. The second kappa shape index (κ2) is 15.6. The summed E-state index contributed by atoms with van der Waals surface area (Å²) in [6.45, 7) is 3.20. The summed E-state index contributed by atoms with van der Waals surface area (Å²) in [5.74, 6) is 0.672. The minimum absolute atomic E-state index is 0.00121. The number of phenolic OH excluding ortho intramolecular Hbond substituents is 2. The predicted octanol–water partition coefficient (Wildman–Crippen LogP) is 7.07. The first-order valence-corrected chi connectivity index (χ1v) is 19.8. The lowest BCUT2D eigenvalue weighted by atomic mass is 10.1. The molecular formula is C45H47N12O2+3. The third kappa shape index (κ3) is 6.93. The number of rotatable bonds is 12. The molecular weight excluding hydrogens is 741 g/mol. The van der Waals surface area contributed by atoms with Crippen molar-refractivity contribution in [3.05, 3.63) is 128 Å². The molecule has 59 heavy (non-hydrogen) atoms. The van der Waals surface area contributed by atoms with E-state index >= 15 is 0 Å². The molecule has 0 bridgehead atoms. The van der Waals surface area contributed by atoms with Crippen LogP contribution in [0, 0.1) is 0 Å². The zero-order chi connectivity index (χ0) is 40.6. The molecule has 8 aromatic rings. The maximum atomic E-state index is 10.5. The number of nitrogens with two attached hydrogens (primary N) is 2. The molecule has 2 atom stereocenters. The van der Waals surface area contributed by atoms with Gasteiger partial charge in [0.25, 0.3) is 6.29 Å². The van der Waals surface area contributed by atoms with Crippen LogP contribution in [0.15, 0.2) is 148 Å². The molecule has 2 unspecified atom stereocenters. The van der Waals surface area contributed by atoms with E-state index in [4.69, 9.17) is 21.7 Å². The van der Waals surface area contributed by atoms with Crippen LogP contribution in [0.1, 0.15) is 12.8 Å². The highest BCUT2D eigenvalue weighted by molar-refractivity contribution is 6.01. The van der Waals surface area contributed by atoms with Gasteiger partial charge in [-0.05, 0) is 41.1 Å². The van der Waals surface area contributed by atoms with Crippen molar-refractivity contribution in [1.82, 2.24) is 9.13 Å². The number of nitrogen functional groups attached to an aromatic ring is 2. The van der Waals surface area contributed by atoms with E-state index < -0.39 is 0 Å². The maximum Gasteiger partial charge on any atom is 0.422 e. The molecule has 296 valence electrons. The minimum atomic E-state index is -0.296. The molecule has 6 aromatic carbocycles. The number of hydrogen-bond acceptors (Lipinski definition) is 9. The summed E-state index contributed by atoms with van der Waals surface area (Å²) >= 11 is 0. The Balaban J connectivity index is 0.882. The Morgan fingerprint density at radius 1 is 0.746 bits per heavy atom. The number of hydrogen-bond donors (Lipinski definition) is 5. The van der Waals surface area contributed by atoms with Gasteiger partial charge < -0.3 is 21.7 Å². The topological polar surface area (TPSA) is 167 Å². The summed E-state index contributed by atoms with van der Waals surface area (Å²) in [5.41, 5.74) is 18.4. The molecule has 14 heteroatoms. The molecule has 14 nitrogen and oxygen atoms in total. The standard InChI is InChI=1S/C45H44N12O2/c1-52-34-17-7-9-19-36(34)56(44(52)50-48-42-32-15-5-3-13-30(32)27-38(58)40(42)46)23-11-21-54-25-26-55(29-54)22-12-24-57-37-20-10-8-18-35(37)53(2)45(57)51-49-43-33-16-6-4-14-31(33)28-39(59)41(43)47/h3-10,13-20,25-29,44H,11-12,21-24H2,1-2H3,(H4-,46,47,48,49,50,58,59)/p+3. The van der Waals surface area contributed by atoms with Gasteiger partial charge in [-0.15, -0.1) is 10.2 Å². The first-order valence-electron chi connectivity index (χ1n) is 19.8. The van der Waals surface area contributed by atoms with Crippen LogP contribution in [0.3, 0.4) is 0 Å². The van der Waals surface area contributed by atoms with Crippen LogP contribution in [-0.2, 0) is 26.7 Å². The lowest BCUT2D eigenvalue weighted by Gasteiger charge is -2.21. The van der Waals surface area contributed by atoms with E-state index in [1.54, 1.807) is 12.1 Å². The lowest BCUT2D eigenvalue weighted by Crippen LogP contribution is -3.11. The van der Waals surface area contributed by atoms with Gasteiger partial charge >= 0.3 is 5.95 Å². The first kappa shape index (κ1) is 37.3. The predicted molar refractivity (Wildman–Crippen MR) is 230 cm³/mol. The van der Waals surface area contributed by atoms with Crippen LogP contribution in [-0.4, -0.2) is 39.2 Å². The van der Waals surface area contributed by atoms with E-state index in [-0.39, 0.29) is 29.2 Å². The smallest absolute Gasteiger partial charge is 0.422 e. The molecule has 0 radical (unpaired) electrons. The Morgan fingerprint density at radius 2 is 1.39 bits per heavy atom. The van der Waals surface area contributed by atoms with Crippen LogP contribution < -0.4 is 30.4 Å². The Bertz CT molecular complexity index is 2920. The zero-order valence-electron chi connectivity index (χ0n) is 33.0. The zero-order valence-corrected chi connectivity index (χ0v) is 33.0. The number of aromatic hydroxyl groups is 2. The largest absolute Gasteiger partial charge is 0.506 e. The van der Waals surface area contributed by atoms with Gasteiger partial charge in [-0.3, -0.25) is 9.80 Å². The van der Waals surface area contributed by atoms with E-state index in [9.17, 15) is 10.2 Å². The van der Waals surface area contributed by atoms with Crippen molar-refractivity contribution in [2.75, 3.05) is 30.0 Å². The fourth-order valence-electron chi connectivity index (χ4n) is 8.33. The van der Waals surface area contributed by atoms with Gasteiger partial charge in [-0.1, -0.05) is 77.9 Å². The van der Waals surface area contributed by atoms with Crippen molar-refractivity contribution in [2.45, 2.75) is 38.8 Å². The summed E-state index contributed by atoms with van der Waals surface area (Å²) in [7, 11) is 4.04. The van der Waals surface area contributed by atoms with E-state index in [0.29, 0.717) is 17.3 Å². The normalized spacial score (nSPS) is 15.5. The number of nitrogens with one attached hydrogen (secondary N) is 1. The third-order valence-corrected chi connectivity index (χ3v) is 11.4. The van der Waals surface area contributed by atoms with Crippen molar-refractivity contribution in [2.24, 2.45) is 27.5 Å². The van der Waals surface area contributed by atoms with Gasteiger partial charge in [0, 0.05) is 41.8 Å². The quantitative estimate of drug-likeness (QED) is 0.0386. The van der Waals surface area contributed by atoms with Gasteiger partial charge in [-0.25, -0.2) is 18.3 Å². The summed E-state index contributed by atoms with van der Waals surface area (Å²) in [6, 6.07) is 35.4. The SMILES string of the molecule is CN1c2ccccc2[NH+](CCCn2cc[n+](CCCn3c(N=Nc4c(N)c(O)cc5ccccc45)[n+](C)c4ccccc43)c2)C1N=Nc1c(N)c(O)cc2ccccc12. The van der Waals surface area contributed by atoms with E-state index in [0.717, 1.165) is 77.3 Å². The highest BCUT2D eigenvalue weighted by atomic mass is 16.3. The Morgan fingerprint density at radius 3 is 2.14 bits per heavy atom. The highest BCUT2D eigenvalue weighted by Gasteiger charge is 2.39. The molecule has 0 fully saturated rings. The highest BCUT2D eigenvalue weighted by Crippen LogP contribution is 2.41. The Labute approximate surface area is 340 Å². The fraction of sp³-hybridized carbons (Fsp3) is 0.200. The maximum absolute atomic E-state index is 10.5. The number of imidazole rings is 2. The molecule has 0 saturated carbocycles. The van der Waals surface area contributed by atoms with Gasteiger partial charge in [0.15, 0.2) is 5.69 Å². The molecule has 3 heterocycles. The minimum Gasteiger partial charge on any atom is -0.506 e. The molecule has 7 N–H and O–H groups in total. The van der Waals surface area contributed by atoms with E-state index in [1.807, 2.05) is 85.4 Å². The van der Waals surface area contributed by atoms with Crippen LogP contribution in [0.5, 0.6) is 11.5 Å². The van der Waals surface area contributed by atoms with E-state index in [2.05, 4.69) is 77.9 Å². The van der Waals surface area contributed by atoms with E-state index in [1.165, 1.54) is 10.6 Å². The fourth-order valence-corrected chi connectivity index (χ4v) is 8.33. The molecule has 9 rings (SSSR count). The monoisotopic (exact) mass is 787 g/mol. The Hall–Kier alpha value is -7.32. The third-order valence-electron chi connectivity index (χ3n) is 11.4. The summed E-state index contributed by atoms with van der Waals surface area (Å²) in [4.78, 5) is 3.36. The average Bonchev–Trinajstić information content (AvgIpc) is 3.90. The lowest BCUT2D eigenvalue weighted by molar-refractivity contribution is -0.853. The number of phenols is 2. The Kier molecular flexibility index (Phi) is 9.82. The van der Waals surface area contributed by atoms with Gasteiger partial charge in [-0.2, -0.15) is 0 Å². The summed E-state index contributed by atoms with van der Waals surface area (Å²) in [5, 5.41) is 43.4. The van der Waals surface area contributed by atoms with Crippen molar-refractivity contribution < 1.29 is 24.2 Å². The molecule has 2 aromatic heterocycles. The second-order valence-corrected chi connectivity index (χ2v) is 15.0. The average molecular weight is 788 g/mol. The molecule has 0 aliphatic carbocycles. The van der Waals surface area contributed by atoms with Gasteiger partial charge in [0.05, 0.1) is 33.2 Å². The number of nitrogens with zero attached hydrogens (tertiary/aromatic N) is 9. The van der Waals surface area contributed by atoms with Gasteiger partial charge in [0.1, 0.15) is 63.4 Å². The summed E-state index contributed by atoms with van der Waals surface area (Å²) in [6.07, 6.45) is 7.89. The van der Waals surface area contributed by atoms with Crippen LogP contribution in [0.2, 0.25) is 0 Å². The number of benzene rings is 6. The number of aryl methyl sites for hydroxylation is 4. The summed E-state index contributed by atoms with van der Waals surface area (Å²) < 4.78 is 8.68. The van der Waals surface area contributed by atoms with Crippen LogP contribution in [0.4, 0.5) is 40.1 Å². The number of para-hydroxylation sites is 4. The van der Waals surface area contributed by atoms with Crippen molar-refractivity contribution in [1.29, 1.82) is 0 Å². The second-order valence-electron chi connectivity index (χ2n) is 15.0.